The molecule has 0 radical (unpaired) electrons. The predicted molar refractivity (Wildman–Crippen MR) is 78.2 cm³/mol. The van der Waals surface area contributed by atoms with Gasteiger partial charge in [0.05, 0.1) is 24.5 Å². The zero-order valence-corrected chi connectivity index (χ0v) is 12.8. The topological polar surface area (TPSA) is 85.8 Å². The van der Waals surface area contributed by atoms with Crippen LogP contribution in [0, 0.1) is 0 Å². The van der Waals surface area contributed by atoms with Crippen molar-refractivity contribution in [2.45, 2.75) is 18.0 Å². The summed E-state index contributed by atoms with van der Waals surface area (Å²) in [5.74, 6) is 0.578. The molecule has 1 aromatic carbocycles. The summed E-state index contributed by atoms with van der Waals surface area (Å²) in [6, 6.07) is 6.39. The van der Waals surface area contributed by atoms with Crippen LogP contribution in [0.1, 0.15) is 11.1 Å². The SMILES string of the molecule is COc1ccc(S(=O)(=O)N(C)Cc2ccoc2)cc1CN. The van der Waals surface area contributed by atoms with Gasteiger partial charge >= 0.3 is 0 Å². The van der Waals surface area contributed by atoms with Gasteiger partial charge in [-0.3, -0.25) is 0 Å². The van der Waals surface area contributed by atoms with Gasteiger partial charge in [0.15, 0.2) is 0 Å². The molecule has 114 valence electrons. The summed E-state index contributed by atoms with van der Waals surface area (Å²) in [6.45, 7) is 0.445. The molecule has 0 amide bonds. The minimum Gasteiger partial charge on any atom is -0.496 e. The van der Waals surface area contributed by atoms with Crippen molar-refractivity contribution in [3.63, 3.8) is 0 Å². The summed E-state index contributed by atoms with van der Waals surface area (Å²) < 4.78 is 36.4. The lowest BCUT2D eigenvalue weighted by atomic mass is 10.2. The Morgan fingerprint density at radius 2 is 2.10 bits per heavy atom. The Kier molecular flexibility index (Phi) is 4.66. The van der Waals surface area contributed by atoms with Crippen LogP contribution in [0.25, 0.3) is 0 Å². The van der Waals surface area contributed by atoms with Gasteiger partial charge in [0.25, 0.3) is 0 Å². The lowest BCUT2D eigenvalue weighted by Gasteiger charge is -2.17. The Balaban J connectivity index is 2.30. The first kappa shape index (κ1) is 15.6. The van der Waals surface area contributed by atoms with Gasteiger partial charge in [0.2, 0.25) is 10.0 Å². The Bertz CT molecular complexity index is 696. The van der Waals surface area contributed by atoms with Crippen LogP contribution in [0.3, 0.4) is 0 Å². The van der Waals surface area contributed by atoms with E-state index < -0.39 is 10.0 Å². The second-order valence-electron chi connectivity index (χ2n) is 4.57. The third kappa shape index (κ3) is 3.26. The van der Waals surface area contributed by atoms with E-state index in [4.69, 9.17) is 14.9 Å². The molecular weight excluding hydrogens is 292 g/mol. The van der Waals surface area contributed by atoms with E-state index in [0.29, 0.717) is 11.3 Å². The number of hydrogen-bond acceptors (Lipinski definition) is 5. The number of rotatable bonds is 6. The van der Waals surface area contributed by atoms with Gasteiger partial charge < -0.3 is 14.9 Å². The van der Waals surface area contributed by atoms with E-state index >= 15 is 0 Å². The van der Waals surface area contributed by atoms with Crippen molar-refractivity contribution in [2.75, 3.05) is 14.2 Å². The van der Waals surface area contributed by atoms with Crippen LogP contribution in [0.2, 0.25) is 0 Å². The maximum atomic E-state index is 12.5. The standard InChI is InChI=1S/C14H18N2O4S/c1-16(9-11-5-6-20-10-11)21(17,18)13-3-4-14(19-2)12(7-13)8-15/h3-7,10H,8-9,15H2,1-2H3. The molecule has 6 nitrogen and oxygen atoms in total. The molecule has 0 aliphatic heterocycles. The van der Waals surface area contributed by atoms with Gasteiger partial charge in [-0.1, -0.05) is 0 Å². The number of hydrogen-bond donors (Lipinski definition) is 1. The monoisotopic (exact) mass is 310 g/mol. The fourth-order valence-electron chi connectivity index (χ4n) is 1.98. The first-order valence-electron chi connectivity index (χ1n) is 6.33. The maximum absolute atomic E-state index is 12.5. The number of benzene rings is 1. The predicted octanol–water partition coefficient (Wildman–Crippen LogP) is 1.57. The molecule has 7 heteroatoms. The second kappa shape index (κ2) is 6.30. The smallest absolute Gasteiger partial charge is 0.243 e. The van der Waals surface area contributed by atoms with Crippen LogP contribution in [-0.2, 0) is 23.1 Å². The quantitative estimate of drug-likeness (QED) is 0.875. The summed E-state index contributed by atoms with van der Waals surface area (Å²) >= 11 is 0. The number of sulfonamides is 1. The van der Waals surface area contributed by atoms with Crippen molar-refractivity contribution < 1.29 is 17.6 Å². The van der Waals surface area contributed by atoms with E-state index in [1.165, 1.54) is 37.1 Å². The summed E-state index contributed by atoms with van der Waals surface area (Å²) in [6.07, 6.45) is 3.03. The molecule has 0 saturated heterocycles. The Morgan fingerprint density at radius 1 is 1.33 bits per heavy atom. The number of furan rings is 1. The van der Waals surface area contributed by atoms with Crippen LogP contribution in [0.4, 0.5) is 0 Å². The highest BCUT2D eigenvalue weighted by atomic mass is 32.2. The highest BCUT2D eigenvalue weighted by Crippen LogP contribution is 2.24. The van der Waals surface area contributed by atoms with Gasteiger partial charge in [-0.2, -0.15) is 4.31 Å². The molecule has 0 spiro atoms. The molecule has 0 aliphatic rings. The summed E-state index contributed by atoms with van der Waals surface area (Å²) in [4.78, 5) is 0.190. The lowest BCUT2D eigenvalue weighted by Crippen LogP contribution is -2.26. The molecule has 0 aliphatic carbocycles. The molecule has 0 saturated carbocycles. The van der Waals surface area contributed by atoms with Gasteiger partial charge in [0, 0.05) is 31.3 Å². The first-order valence-corrected chi connectivity index (χ1v) is 7.77. The number of methoxy groups -OCH3 is 1. The van der Waals surface area contributed by atoms with Crippen LogP contribution in [0.5, 0.6) is 5.75 Å². The van der Waals surface area contributed by atoms with Crippen molar-refractivity contribution in [1.82, 2.24) is 4.31 Å². The molecule has 0 fully saturated rings. The summed E-state index contributed by atoms with van der Waals surface area (Å²) in [7, 11) is -0.548. The largest absolute Gasteiger partial charge is 0.496 e. The molecule has 0 bridgehead atoms. The number of ether oxygens (including phenoxy) is 1. The molecule has 2 aromatic rings. The molecule has 0 unspecified atom stereocenters. The first-order chi connectivity index (χ1) is 9.98. The van der Waals surface area contributed by atoms with Gasteiger partial charge in [-0.05, 0) is 24.3 Å². The highest BCUT2D eigenvalue weighted by molar-refractivity contribution is 7.89. The van der Waals surface area contributed by atoms with E-state index in [1.807, 2.05) is 0 Å². The normalized spacial score (nSPS) is 11.8. The number of nitrogens with zero attached hydrogens (tertiary/aromatic N) is 1. The second-order valence-corrected chi connectivity index (χ2v) is 6.62. The van der Waals surface area contributed by atoms with Crippen LogP contribution in [0.15, 0.2) is 46.1 Å². The van der Waals surface area contributed by atoms with Crippen molar-refractivity contribution in [3.05, 3.63) is 47.9 Å². The van der Waals surface area contributed by atoms with Gasteiger partial charge in [0.1, 0.15) is 5.75 Å². The molecule has 1 aromatic heterocycles. The third-order valence-corrected chi connectivity index (χ3v) is 4.96. The lowest BCUT2D eigenvalue weighted by molar-refractivity contribution is 0.409. The van der Waals surface area contributed by atoms with E-state index in [1.54, 1.807) is 18.2 Å². The van der Waals surface area contributed by atoms with Gasteiger partial charge in [-0.25, -0.2) is 8.42 Å². The van der Waals surface area contributed by atoms with Gasteiger partial charge in [-0.15, -0.1) is 0 Å². The molecule has 2 rings (SSSR count). The zero-order valence-electron chi connectivity index (χ0n) is 11.9. The van der Waals surface area contributed by atoms with Crippen molar-refractivity contribution in [2.24, 2.45) is 5.73 Å². The Morgan fingerprint density at radius 3 is 2.67 bits per heavy atom. The molecule has 0 atom stereocenters. The summed E-state index contributed by atoms with van der Waals surface area (Å²) in [5.41, 5.74) is 7.06. The van der Waals surface area contributed by atoms with Crippen LogP contribution in [-0.4, -0.2) is 26.9 Å². The average Bonchev–Trinajstić information content (AvgIpc) is 2.99. The fraction of sp³-hybridized carbons (Fsp3) is 0.286. The van der Waals surface area contributed by atoms with Crippen molar-refractivity contribution in [1.29, 1.82) is 0 Å². The summed E-state index contributed by atoms with van der Waals surface area (Å²) in [5, 5.41) is 0. The Hall–Kier alpha value is -1.83. The minimum atomic E-state index is -3.59. The molecule has 21 heavy (non-hydrogen) atoms. The Labute approximate surface area is 124 Å². The average molecular weight is 310 g/mol. The van der Waals surface area contributed by atoms with Crippen molar-refractivity contribution >= 4 is 10.0 Å². The van der Waals surface area contributed by atoms with E-state index in [9.17, 15) is 8.42 Å². The third-order valence-electron chi connectivity index (χ3n) is 3.17. The van der Waals surface area contributed by atoms with Crippen molar-refractivity contribution in [3.8, 4) is 5.75 Å². The molecular formula is C14H18N2O4S. The zero-order chi connectivity index (χ0) is 15.5. The molecule has 1 heterocycles. The van der Waals surface area contributed by atoms with Crippen LogP contribution < -0.4 is 10.5 Å². The molecule has 2 N–H and O–H groups in total. The fourth-order valence-corrected chi connectivity index (χ4v) is 3.19. The van der Waals surface area contributed by atoms with E-state index in [0.717, 1.165) is 5.56 Å². The van der Waals surface area contributed by atoms with Crippen LogP contribution >= 0.6 is 0 Å². The van der Waals surface area contributed by atoms with E-state index in [-0.39, 0.29) is 18.0 Å². The van der Waals surface area contributed by atoms with E-state index in [2.05, 4.69) is 0 Å². The number of nitrogens with two attached hydrogens (primary N) is 1. The highest BCUT2D eigenvalue weighted by Gasteiger charge is 2.22. The maximum Gasteiger partial charge on any atom is 0.243 e. The minimum absolute atomic E-state index is 0.190.